The zero-order valence-electron chi connectivity index (χ0n) is 6.53. The second-order valence-corrected chi connectivity index (χ2v) is 9.33. The van der Waals surface area contributed by atoms with E-state index in [-0.39, 0.29) is 7.26 Å². The fourth-order valence-corrected chi connectivity index (χ4v) is 0. The molecular weight excluding hydrogens is 175 g/mol. The topological polar surface area (TPSA) is 77.4 Å². The average molecular weight is 188 g/mol. The molecule has 0 amide bonds. The van der Waals surface area contributed by atoms with Gasteiger partial charge in [-0.05, 0) is 0 Å². The highest BCUT2D eigenvalue weighted by Crippen LogP contribution is 2.40. The zero-order valence-corrected chi connectivity index (χ0v) is 8.24. The van der Waals surface area contributed by atoms with E-state index in [4.69, 9.17) is 17.5 Å². The van der Waals surface area contributed by atoms with Gasteiger partial charge in [0.25, 0.3) is 0 Å². The second-order valence-electron chi connectivity index (χ2n) is 3.11. The molecule has 6 heteroatoms. The minimum atomic E-state index is -4.92. The van der Waals surface area contributed by atoms with Crippen molar-refractivity contribution in [1.29, 1.82) is 0 Å². The lowest BCUT2D eigenvalue weighted by Crippen LogP contribution is -1.90. The van der Waals surface area contributed by atoms with Crippen LogP contribution in [0.3, 0.4) is 0 Å². The van der Waals surface area contributed by atoms with Crippen LogP contribution in [-0.4, -0.2) is 44.2 Å². The molecule has 0 unspecified atom stereocenters. The number of hydrogen-bond donors (Lipinski definition) is 1. The molecule has 0 rings (SSSR count). The molecule has 0 saturated carbocycles. The van der Waals surface area contributed by atoms with E-state index in [9.17, 15) is 0 Å². The summed E-state index contributed by atoms with van der Waals surface area (Å²) in [6, 6.07) is 0. The molecular formula is C4H13O4PS. The Kier molecular flexibility index (Phi) is 5.48. The number of rotatable bonds is 0. The lowest BCUT2D eigenvalue weighted by Gasteiger charge is -1.97. The van der Waals surface area contributed by atoms with Crippen LogP contribution < -0.4 is 0 Å². The second kappa shape index (κ2) is 4.23. The largest absolute Gasteiger partial charge is 0.726 e. The van der Waals surface area contributed by atoms with E-state index in [0.29, 0.717) is 0 Å². The van der Waals surface area contributed by atoms with Gasteiger partial charge in [0.2, 0.25) is 10.4 Å². The Hall–Kier alpha value is 0.300. The number of hydrogen-bond acceptors (Lipinski definition) is 3. The predicted molar refractivity (Wildman–Crippen MR) is 42.9 cm³/mol. The van der Waals surface area contributed by atoms with Gasteiger partial charge in [-0.15, -0.1) is 0 Å². The molecule has 0 aromatic rings. The monoisotopic (exact) mass is 188 g/mol. The Morgan fingerprint density at radius 3 is 1.20 bits per heavy atom. The van der Waals surface area contributed by atoms with Gasteiger partial charge in [-0.1, -0.05) is 0 Å². The smallest absolute Gasteiger partial charge is 0.215 e. The van der Waals surface area contributed by atoms with Crippen LogP contribution in [0.1, 0.15) is 0 Å². The van der Waals surface area contributed by atoms with Crippen molar-refractivity contribution in [2.75, 3.05) is 26.7 Å². The van der Waals surface area contributed by atoms with Crippen molar-refractivity contribution < 1.29 is 17.5 Å². The summed E-state index contributed by atoms with van der Waals surface area (Å²) >= 11 is 0. The Labute approximate surface area is 62.6 Å². The summed E-state index contributed by atoms with van der Waals surface area (Å²) in [4.78, 5) is 0. The maximum Gasteiger partial charge on any atom is 0.215 e. The molecule has 0 heterocycles. The highest BCUT2D eigenvalue weighted by Gasteiger charge is 2.03. The van der Waals surface area contributed by atoms with Crippen molar-refractivity contribution in [2.24, 2.45) is 0 Å². The van der Waals surface area contributed by atoms with E-state index >= 15 is 0 Å². The molecule has 0 bridgehead atoms. The van der Waals surface area contributed by atoms with Gasteiger partial charge in [-0.25, -0.2) is 8.42 Å². The third-order valence-electron chi connectivity index (χ3n) is 0. The summed E-state index contributed by atoms with van der Waals surface area (Å²) in [6.07, 6.45) is 0. The lowest BCUT2D eigenvalue weighted by molar-refractivity contribution is 0.366. The molecule has 0 atom stereocenters. The molecule has 0 aliphatic heterocycles. The molecule has 0 aliphatic carbocycles. The first-order valence-electron chi connectivity index (χ1n) is 2.47. The lowest BCUT2D eigenvalue weighted by atomic mass is 11.8. The van der Waals surface area contributed by atoms with Crippen LogP contribution >= 0.6 is 7.26 Å². The SMILES string of the molecule is C[P+](C)(C)C.O=S(=O)([O-])O. The molecule has 0 radical (unpaired) electrons. The highest BCUT2D eigenvalue weighted by molar-refractivity contribution is 7.79. The van der Waals surface area contributed by atoms with Crippen molar-refractivity contribution in [2.45, 2.75) is 0 Å². The van der Waals surface area contributed by atoms with Gasteiger partial charge in [-0.2, -0.15) is 0 Å². The molecule has 0 aromatic carbocycles. The van der Waals surface area contributed by atoms with Gasteiger partial charge in [0.05, 0.1) is 0 Å². The van der Waals surface area contributed by atoms with E-state index in [0.717, 1.165) is 0 Å². The third kappa shape index (κ3) is 4910. The molecule has 64 valence electrons. The van der Waals surface area contributed by atoms with E-state index in [2.05, 4.69) is 26.7 Å². The molecule has 0 saturated heterocycles. The summed E-state index contributed by atoms with van der Waals surface area (Å²) < 4.78 is 32.8. The fourth-order valence-electron chi connectivity index (χ4n) is 0. The van der Waals surface area contributed by atoms with E-state index in [1.54, 1.807) is 0 Å². The van der Waals surface area contributed by atoms with Crippen molar-refractivity contribution >= 4 is 17.7 Å². The van der Waals surface area contributed by atoms with Crippen LogP contribution in [-0.2, 0) is 10.4 Å². The quantitative estimate of drug-likeness (QED) is 0.341. The minimum Gasteiger partial charge on any atom is -0.726 e. The van der Waals surface area contributed by atoms with Gasteiger partial charge >= 0.3 is 0 Å². The molecule has 1 N–H and O–H groups in total. The van der Waals surface area contributed by atoms with Gasteiger partial charge in [-0.3, -0.25) is 4.55 Å². The molecule has 0 aromatic heterocycles. The summed E-state index contributed by atoms with van der Waals surface area (Å²) in [5.74, 6) is 0. The van der Waals surface area contributed by atoms with Gasteiger partial charge < -0.3 is 4.55 Å². The van der Waals surface area contributed by atoms with Gasteiger partial charge in [0, 0.05) is 33.9 Å². The fraction of sp³-hybridized carbons (Fsp3) is 1.00. The normalized spacial score (nSPS) is 11.8. The Balaban J connectivity index is 0. The molecule has 0 fully saturated rings. The summed E-state index contributed by atoms with van der Waals surface area (Å²) in [6.45, 7) is 9.19. The maximum absolute atomic E-state index is 8.63. The van der Waals surface area contributed by atoms with Crippen molar-refractivity contribution in [1.82, 2.24) is 0 Å². The van der Waals surface area contributed by atoms with E-state index in [1.807, 2.05) is 0 Å². The maximum atomic E-state index is 8.63. The predicted octanol–water partition coefficient (Wildman–Crippen LogP) is 0.528. The minimum absolute atomic E-state index is 0.389. The summed E-state index contributed by atoms with van der Waals surface area (Å²) in [5.41, 5.74) is 0. The first kappa shape index (κ1) is 12.9. The molecule has 0 aliphatic rings. The standard InChI is InChI=1S/C4H12P.H2O4S/c2*1-5(2,3)4/h1-4H3;(H2,1,2,3,4)/q+1;/p-1. The first-order valence-corrected chi connectivity index (χ1v) is 7.41. The third-order valence-corrected chi connectivity index (χ3v) is 0. The van der Waals surface area contributed by atoms with Gasteiger partial charge in [0.1, 0.15) is 0 Å². The highest BCUT2D eigenvalue weighted by atomic mass is 32.3. The van der Waals surface area contributed by atoms with Crippen molar-refractivity contribution in [3.05, 3.63) is 0 Å². The summed E-state index contributed by atoms with van der Waals surface area (Å²) in [5, 5.41) is 0. The van der Waals surface area contributed by atoms with Crippen LogP contribution in [0.4, 0.5) is 0 Å². The van der Waals surface area contributed by atoms with Crippen molar-refractivity contribution in [3.8, 4) is 0 Å². The van der Waals surface area contributed by atoms with E-state index < -0.39 is 10.4 Å². The van der Waals surface area contributed by atoms with Crippen LogP contribution in [0.5, 0.6) is 0 Å². The molecule has 10 heavy (non-hydrogen) atoms. The summed E-state index contributed by atoms with van der Waals surface area (Å²) in [7, 11) is -5.31. The van der Waals surface area contributed by atoms with Crippen LogP contribution in [0.25, 0.3) is 0 Å². The Morgan fingerprint density at radius 1 is 1.20 bits per heavy atom. The Bertz CT molecular complexity index is 152. The zero-order chi connectivity index (χ0) is 9.00. The Morgan fingerprint density at radius 2 is 1.20 bits per heavy atom. The van der Waals surface area contributed by atoms with Gasteiger partial charge in [0.15, 0.2) is 0 Å². The van der Waals surface area contributed by atoms with Crippen LogP contribution in [0.2, 0.25) is 0 Å². The molecule has 4 nitrogen and oxygen atoms in total. The first-order chi connectivity index (χ1) is 4.00. The van der Waals surface area contributed by atoms with Crippen molar-refractivity contribution in [3.63, 3.8) is 0 Å². The van der Waals surface area contributed by atoms with E-state index in [1.165, 1.54) is 0 Å². The molecule has 0 spiro atoms. The van der Waals surface area contributed by atoms with Crippen LogP contribution in [0, 0.1) is 0 Å². The van der Waals surface area contributed by atoms with Crippen LogP contribution in [0.15, 0.2) is 0 Å². The average Bonchev–Trinajstić information content (AvgIpc) is 1.12.